The molecule has 0 N–H and O–H groups in total. The second-order valence-electron chi connectivity index (χ2n) is 11.5. The van der Waals surface area contributed by atoms with E-state index in [-0.39, 0.29) is 0 Å². The van der Waals surface area contributed by atoms with Crippen molar-refractivity contribution in [3.8, 4) is 28.3 Å². The van der Waals surface area contributed by atoms with E-state index in [1.54, 1.807) is 0 Å². The molecule has 0 saturated heterocycles. The van der Waals surface area contributed by atoms with Crippen LogP contribution in [-0.4, -0.2) is 18.6 Å². The molecule has 3 heterocycles. The van der Waals surface area contributed by atoms with Crippen LogP contribution in [-0.2, 0) is 0 Å². The van der Waals surface area contributed by atoms with E-state index in [0.29, 0.717) is 11.6 Å². The Bertz CT molecular complexity index is 4390. The van der Waals surface area contributed by atoms with Crippen molar-refractivity contribution in [2.75, 3.05) is 0 Å². The third-order valence-corrected chi connectivity index (χ3v) is 14.2. The van der Waals surface area contributed by atoms with Gasteiger partial charge < -0.3 is 9.30 Å². The highest BCUT2D eigenvalue weighted by Crippen LogP contribution is 2.43. The Morgan fingerprint density at radius 3 is 1.66 bits per heavy atom. The van der Waals surface area contributed by atoms with Crippen molar-refractivity contribution in [3.05, 3.63) is 193 Å². The molecule has 8 aromatic carbocycles. The minimum atomic E-state index is -6.45. The average molecular weight is 742 g/mol. The van der Waals surface area contributed by atoms with E-state index >= 15 is 0 Å². The second-order valence-corrected chi connectivity index (χ2v) is 16.2. The molecule has 0 aliphatic carbocycles. The molecule has 248 valence electrons. The first-order valence-corrected chi connectivity index (χ1v) is 18.5. The lowest BCUT2D eigenvalue weighted by molar-refractivity contribution is 0.488. The predicted octanol–water partition coefficient (Wildman–Crippen LogP) is 8.15. The van der Waals surface area contributed by atoms with Crippen molar-refractivity contribution < 1.29 is 48.6 Å². The number of rotatable bonds is 5. The first kappa shape index (κ1) is 12.6. The van der Waals surface area contributed by atoms with Gasteiger partial charge in [0.2, 0.25) is 0 Å². The number of hydrogen-bond acceptors (Lipinski definition) is 2. The number of para-hydroxylation sites is 2. The molecule has 0 amide bonds. The van der Waals surface area contributed by atoms with Crippen LogP contribution in [0.5, 0.6) is 11.5 Å². The van der Waals surface area contributed by atoms with Gasteiger partial charge in [0, 0.05) is 21.4 Å². The quantitative estimate of drug-likeness (QED) is 0.131. The van der Waals surface area contributed by atoms with E-state index in [1.165, 1.54) is 0 Å². The highest BCUT2D eigenvalue weighted by Gasteiger charge is 2.45. The van der Waals surface area contributed by atoms with E-state index in [0.717, 1.165) is 4.57 Å². The van der Waals surface area contributed by atoms with Gasteiger partial charge in [0.15, 0.2) is 8.07 Å². The molecular weight excluding hydrogens is 677 g/mol. The summed E-state index contributed by atoms with van der Waals surface area (Å²) in [5, 5.41) is -5.47. The van der Waals surface area contributed by atoms with Gasteiger partial charge in [0.25, 0.3) is 5.99 Å². The van der Waals surface area contributed by atoms with E-state index < -0.39 is 294 Å². The number of aromatic nitrogens is 1. The average Bonchev–Trinajstić information content (AvgIpc) is 0.944. The molecule has 5 heteroatoms. The minimum Gasteiger partial charge on any atom is -0.458 e. The molecule has 2 aliphatic heterocycles. The van der Waals surface area contributed by atoms with Gasteiger partial charge in [-0.2, -0.15) is 11.6 Å². The first-order chi connectivity index (χ1) is 39.6. The van der Waals surface area contributed by atoms with Crippen LogP contribution in [0.4, 0.5) is 0 Å². The molecule has 2 nitrogen and oxygen atoms in total. The lowest BCUT2D eigenvalue weighted by atomic mass is 9.57. The van der Waals surface area contributed by atoms with Gasteiger partial charge >= 0.3 is 0 Å². The maximum atomic E-state index is 10.6. The Morgan fingerprint density at radius 1 is 0.491 bits per heavy atom. The van der Waals surface area contributed by atoms with Crippen molar-refractivity contribution in [3.63, 3.8) is 0 Å². The fourth-order valence-corrected chi connectivity index (χ4v) is 11.6. The lowest BCUT2D eigenvalue weighted by Gasteiger charge is -2.38. The molecular formula is C48H32BNOSSi. The van der Waals surface area contributed by atoms with Gasteiger partial charge in [0.1, 0.15) is 11.5 Å². The number of fused-ring (bicyclic) bond motifs is 7. The van der Waals surface area contributed by atoms with Gasteiger partial charge in [-0.3, -0.25) is 0 Å². The Kier molecular flexibility index (Phi) is 2.85. The van der Waals surface area contributed by atoms with Gasteiger partial charge in [-0.1, -0.05) is 151 Å². The van der Waals surface area contributed by atoms with Crippen LogP contribution in [0.3, 0.4) is 0 Å². The Hall–Kier alpha value is -6.01. The SMILES string of the molecule is [2H]c1c([2H])c([2H])c([Si](c2c([2H])c([2H])c([2H])c([2H])c2[2H])(c2c([2H])c([2H])c([2H])c([2H])c2[2H])c2c([2H])c3c4c(c2[2H])-c2c([2H])c([2H])c([2H])c([2H])c2SB4c2c([2H])c(-n4c5c([2H])c([2H])c([2H])c([2H])c5c5c([2H])c([2H])c([2H])c([2H])c54)c([2H])c([2H])c2O3)c([2H])c1[2H]. The fraction of sp³-hybridized carbons (Fsp3) is 0. The molecule has 0 radical (unpaired) electrons. The van der Waals surface area contributed by atoms with E-state index in [1.807, 2.05) is 0 Å². The van der Waals surface area contributed by atoms with E-state index in [2.05, 4.69) is 0 Å². The van der Waals surface area contributed by atoms with Gasteiger partial charge in [-0.25, -0.2) is 0 Å². The van der Waals surface area contributed by atoms with Gasteiger partial charge in [0.05, 0.1) is 54.9 Å². The van der Waals surface area contributed by atoms with Crippen LogP contribution in [0.1, 0.15) is 43.9 Å². The summed E-state index contributed by atoms with van der Waals surface area (Å²) in [5.74, 6) is -3.48. The summed E-state index contributed by atoms with van der Waals surface area (Å²) in [6.45, 7) is 0. The van der Waals surface area contributed by atoms with Crippen molar-refractivity contribution in [2.45, 2.75) is 4.90 Å². The number of ether oxygens (including phenoxy) is 1. The normalized spacial score (nSPS) is 21.4. The first-order valence-electron chi connectivity index (χ1n) is 31.6. The lowest BCUT2D eigenvalue weighted by Crippen LogP contribution is -2.75. The molecule has 1 aromatic heterocycles. The number of hydrogen-bond donors (Lipinski definition) is 0. The topological polar surface area (TPSA) is 14.2 Å². The Balaban J connectivity index is 1.42. The maximum Gasteiger partial charge on any atom is 0.289 e. The summed E-state index contributed by atoms with van der Waals surface area (Å²) in [6, 6.07) is -33.8. The third-order valence-electron chi connectivity index (χ3n) is 8.92. The molecule has 0 fully saturated rings. The standard InChI is InChI=1S/C48H32BNOSSi/c1-4-16-34(17-5-1)53(35-18-6-2-7-19-35,36-20-8-3-9-21-36)37-31-41-40-24-12-15-27-47(40)52-49-42-30-33(28-29-45(42)51-46(32-37)48(41)49)50-43-25-13-10-22-38(43)39-23-11-14-26-44(39)50/h1-32H/i1D,2D,3D,4D,5D,6D,7D,8D,9D,10D,11D,12D,13D,14D,15D,16D,17D,18D,19D,20D,21D,22D,23D,24D,25D,26D,27D,28D,29D,30D,31D,32D. The molecule has 0 spiro atoms. The van der Waals surface area contributed by atoms with E-state index in [9.17, 15) is 17.8 Å². The van der Waals surface area contributed by atoms with Crippen LogP contribution >= 0.6 is 11.6 Å². The van der Waals surface area contributed by atoms with Crippen molar-refractivity contribution >= 4 is 79.2 Å². The summed E-state index contributed by atoms with van der Waals surface area (Å²) >= 11 is 0.530. The molecule has 0 unspecified atom stereocenters. The zero-order chi connectivity index (χ0) is 62.8. The largest absolute Gasteiger partial charge is 0.458 e. The summed E-state index contributed by atoms with van der Waals surface area (Å²) < 4.78 is 303. The molecule has 0 bridgehead atoms. The van der Waals surface area contributed by atoms with Crippen LogP contribution in [0.15, 0.2) is 198 Å². The van der Waals surface area contributed by atoms with Gasteiger partial charge in [-0.15, -0.1) is 0 Å². The van der Waals surface area contributed by atoms with Crippen molar-refractivity contribution in [1.29, 1.82) is 0 Å². The zero-order valence-electron chi connectivity index (χ0n) is 58.3. The highest BCUT2D eigenvalue weighted by atomic mass is 32.2. The summed E-state index contributed by atoms with van der Waals surface area (Å²) in [5.41, 5.74) is -4.23. The Labute approximate surface area is 359 Å². The Morgan fingerprint density at radius 2 is 1.04 bits per heavy atom. The predicted molar refractivity (Wildman–Crippen MR) is 227 cm³/mol. The van der Waals surface area contributed by atoms with Crippen LogP contribution in [0, 0.1) is 0 Å². The molecule has 0 atom stereocenters. The van der Waals surface area contributed by atoms with Crippen LogP contribution < -0.4 is 36.4 Å². The van der Waals surface area contributed by atoms with Crippen LogP contribution in [0.2, 0.25) is 0 Å². The minimum absolute atomic E-state index is 0.456. The van der Waals surface area contributed by atoms with Crippen molar-refractivity contribution in [2.24, 2.45) is 0 Å². The van der Waals surface area contributed by atoms with Gasteiger partial charge in [-0.05, 0) is 85.1 Å². The number of benzene rings is 8. The summed E-state index contributed by atoms with van der Waals surface area (Å²) in [4.78, 5) is -0.456. The van der Waals surface area contributed by atoms with Crippen molar-refractivity contribution in [1.82, 2.24) is 4.57 Å². The second kappa shape index (κ2) is 12.0. The zero-order valence-corrected chi connectivity index (χ0v) is 28.2. The molecule has 2 aliphatic rings. The summed E-state index contributed by atoms with van der Waals surface area (Å²) in [7, 11) is -6.45. The number of nitrogens with zero attached hydrogens (tertiary/aromatic N) is 1. The highest BCUT2D eigenvalue weighted by molar-refractivity contribution is 8.28. The monoisotopic (exact) mass is 741 g/mol. The third kappa shape index (κ3) is 4.54. The fourth-order valence-electron chi connectivity index (χ4n) is 6.76. The van der Waals surface area contributed by atoms with Crippen LogP contribution in [0.25, 0.3) is 38.6 Å². The molecule has 11 rings (SSSR count). The maximum absolute atomic E-state index is 10.6. The smallest absolute Gasteiger partial charge is 0.289 e. The molecule has 0 saturated carbocycles. The molecule has 9 aromatic rings. The van der Waals surface area contributed by atoms with E-state index in [4.69, 9.17) is 30.8 Å². The molecule has 53 heavy (non-hydrogen) atoms. The summed E-state index contributed by atoms with van der Waals surface area (Å²) in [6.07, 6.45) is 0.